The number of hydrogen-bond donors (Lipinski definition) is 1. The van der Waals surface area contributed by atoms with E-state index in [0.29, 0.717) is 19.1 Å². The third-order valence-corrected chi connectivity index (χ3v) is 2.56. The third-order valence-electron chi connectivity index (χ3n) is 2.56. The van der Waals surface area contributed by atoms with Crippen LogP contribution >= 0.6 is 0 Å². The minimum Gasteiger partial charge on any atom is -0.465 e. The van der Waals surface area contributed by atoms with Crippen molar-refractivity contribution in [3.63, 3.8) is 0 Å². The molecular formula is C12H26N2O2. The second-order valence-corrected chi connectivity index (χ2v) is 4.28. The molecule has 1 unspecified atom stereocenters. The lowest BCUT2D eigenvalue weighted by Crippen LogP contribution is -2.39. The summed E-state index contributed by atoms with van der Waals surface area (Å²) >= 11 is 0. The van der Waals surface area contributed by atoms with Crippen LogP contribution in [0.25, 0.3) is 0 Å². The van der Waals surface area contributed by atoms with Crippen LogP contribution in [-0.2, 0) is 9.53 Å². The Labute approximate surface area is 99.1 Å². The average molecular weight is 230 g/mol. The van der Waals surface area contributed by atoms with E-state index in [1.165, 1.54) is 0 Å². The molecule has 2 N–H and O–H groups in total. The number of rotatable bonds is 8. The van der Waals surface area contributed by atoms with Gasteiger partial charge >= 0.3 is 5.97 Å². The minimum absolute atomic E-state index is 0.289. The predicted molar refractivity (Wildman–Crippen MR) is 66.2 cm³/mol. The first kappa shape index (κ1) is 15.4. The van der Waals surface area contributed by atoms with Gasteiger partial charge in [-0.1, -0.05) is 6.92 Å². The van der Waals surface area contributed by atoms with Gasteiger partial charge < -0.3 is 15.4 Å². The summed E-state index contributed by atoms with van der Waals surface area (Å²) in [6.45, 7) is 10.6. The molecule has 1 atom stereocenters. The molecule has 0 spiro atoms. The Hall–Kier alpha value is -0.610. The van der Waals surface area contributed by atoms with Gasteiger partial charge in [-0.15, -0.1) is 0 Å². The van der Waals surface area contributed by atoms with Crippen LogP contribution in [-0.4, -0.2) is 42.6 Å². The molecule has 0 fully saturated rings. The summed E-state index contributed by atoms with van der Waals surface area (Å²) in [5, 5.41) is 0. The summed E-state index contributed by atoms with van der Waals surface area (Å²) in [6.07, 6.45) is 1.78. The predicted octanol–water partition coefficient (Wildman–Crippen LogP) is 1.39. The fourth-order valence-corrected chi connectivity index (χ4v) is 1.59. The highest BCUT2D eigenvalue weighted by atomic mass is 16.5. The molecule has 0 aliphatic rings. The molecule has 0 bridgehead atoms. The van der Waals surface area contributed by atoms with Gasteiger partial charge in [0, 0.05) is 12.6 Å². The van der Waals surface area contributed by atoms with Crippen molar-refractivity contribution in [1.82, 2.24) is 4.90 Å². The summed E-state index contributed by atoms with van der Waals surface area (Å²) in [6, 6.07) is 0.00685. The van der Waals surface area contributed by atoms with Crippen LogP contribution in [0.2, 0.25) is 0 Å². The lowest BCUT2D eigenvalue weighted by Gasteiger charge is -2.26. The van der Waals surface area contributed by atoms with Gasteiger partial charge in [0.1, 0.15) is 6.04 Å². The summed E-state index contributed by atoms with van der Waals surface area (Å²) < 4.78 is 4.87. The van der Waals surface area contributed by atoms with Crippen LogP contribution in [0.1, 0.15) is 40.5 Å². The van der Waals surface area contributed by atoms with Gasteiger partial charge in [-0.25, -0.2) is 0 Å². The normalized spacial score (nSPS) is 13.2. The van der Waals surface area contributed by atoms with E-state index in [1.54, 1.807) is 6.92 Å². The average Bonchev–Trinajstić information content (AvgIpc) is 2.23. The van der Waals surface area contributed by atoms with E-state index in [2.05, 4.69) is 25.7 Å². The Kier molecular flexibility index (Phi) is 8.21. The zero-order valence-electron chi connectivity index (χ0n) is 11.0. The number of hydrogen-bond acceptors (Lipinski definition) is 4. The smallest absolute Gasteiger partial charge is 0.322 e. The molecule has 0 saturated heterocycles. The number of carbonyl (C=O) groups is 1. The quantitative estimate of drug-likeness (QED) is 0.640. The molecule has 0 radical (unpaired) electrons. The zero-order valence-corrected chi connectivity index (χ0v) is 11.0. The van der Waals surface area contributed by atoms with Gasteiger partial charge in [0.15, 0.2) is 0 Å². The first-order valence-corrected chi connectivity index (χ1v) is 6.19. The Morgan fingerprint density at radius 2 is 1.94 bits per heavy atom. The van der Waals surface area contributed by atoms with E-state index >= 15 is 0 Å². The highest BCUT2D eigenvalue weighted by molar-refractivity contribution is 5.75. The van der Waals surface area contributed by atoms with E-state index in [9.17, 15) is 4.79 Å². The second-order valence-electron chi connectivity index (χ2n) is 4.28. The van der Waals surface area contributed by atoms with Gasteiger partial charge in [-0.2, -0.15) is 0 Å². The van der Waals surface area contributed by atoms with E-state index in [0.717, 1.165) is 19.5 Å². The van der Waals surface area contributed by atoms with E-state index in [4.69, 9.17) is 10.5 Å². The van der Waals surface area contributed by atoms with Gasteiger partial charge in [0.2, 0.25) is 0 Å². The van der Waals surface area contributed by atoms with Crippen LogP contribution in [0.15, 0.2) is 0 Å². The van der Waals surface area contributed by atoms with Gasteiger partial charge in [0.05, 0.1) is 6.61 Å². The standard InChI is InChI=1S/C12H26N2O2/c1-5-8-14(10(3)4)9-7-11(13)12(15)16-6-2/h10-11H,5-9,13H2,1-4H3. The van der Waals surface area contributed by atoms with Crippen LogP contribution in [0, 0.1) is 0 Å². The molecule has 0 rings (SSSR count). The largest absolute Gasteiger partial charge is 0.465 e. The van der Waals surface area contributed by atoms with Crippen molar-refractivity contribution in [2.75, 3.05) is 19.7 Å². The SMILES string of the molecule is CCCN(CCC(N)C(=O)OCC)C(C)C. The molecule has 4 nitrogen and oxygen atoms in total. The van der Waals surface area contributed by atoms with Gasteiger partial charge in [-0.05, 0) is 40.2 Å². The lowest BCUT2D eigenvalue weighted by molar-refractivity contribution is -0.144. The fourth-order valence-electron chi connectivity index (χ4n) is 1.59. The molecule has 0 saturated carbocycles. The van der Waals surface area contributed by atoms with Crippen molar-refractivity contribution in [2.24, 2.45) is 5.73 Å². The Morgan fingerprint density at radius 3 is 2.38 bits per heavy atom. The molecule has 4 heteroatoms. The molecule has 0 aromatic carbocycles. The molecule has 0 amide bonds. The minimum atomic E-state index is -0.488. The Balaban J connectivity index is 3.95. The first-order valence-electron chi connectivity index (χ1n) is 6.19. The van der Waals surface area contributed by atoms with Crippen molar-refractivity contribution >= 4 is 5.97 Å². The van der Waals surface area contributed by atoms with Crippen LogP contribution in [0.4, 0.5) is 0 Å². The molecule has 0 aromatic rings. The van der Waals surface area contributed by atoms with E-state index in [-0.39, 0.29) is 5.97 Å². The van der Waals surface area contributed by atoms with Crippen molar-refractivity contribution in [1.29, 1.82) is 0 Å². The monoisotopic (exact) mass is 230 g/mol. The third kappa shape index (κ3) is 6.08. The van der Waals surface area contributed by atoms with Crippen molar-refractivity contribution < 1.29 is 9.53 Å². The van der Waals surface area contributed by atoms with Gasteiger partial charge in [0.25, 0.3) is 0 Å². The zero-order chi connectivity index (χ0) is 12.6. The first-order chi connectivity index (χ1) is 7.52. The maximum Gasteiger partial charge on any atom is 0.322 e. The fraction of sp³-hybridized carbons (Fsp3) is 0.917. The van der Waals surface area contributed by atoms with Crippen LogP contribution in [0.3, 0.4) is 0 Å². The summed E-state index contributed by atoms with van der Waals surface area (Å²) in [5.74, 6) is -0.289. The highest BCUT2D eigenvalue weighted by Gasteiger charge is 2.16. The van der Waals surface area contributed by atoms with E-state index < -0.39 is 6.04 Å². The Morgan fingerprint density at radius 1 is 1.31 bits per heavy atom. The molecule has 0 heterocycles. The molecule has 0 aliphatic carbocycles. The van der Waals surface area contributed by atoms with Crippen LogP contribution in [0.5, 0.6) is 0 Å². The Bertz CT molecular complexity index is 195. The number of nitrogens with two attached hydrogens (primary N) is 1. The second kappa shape index (κ2) is 8.53. The van der Waals surface area contributed by atoms with Crippen molar-refractivity contribution in [2.45, 2.75) is 52.6 Å². The molecule has 96 valence electrons. The molecule has 16 heavy (non-hydrogen) atoms. The summed E-state index contributed by atoms with van der Waals surface area (Å²) in [7, 11) is 0. The number of esters is 1. The van der Waals surface area contributed by atoms with Gasteiger partial charge in [-0.3, -0.25) is 4.79 Å². The van der Waals surface area contributed by atoms with Crippen molar-refractivity contribution in [3.05, 3.63) is 0 Å². The van der Waals surface area contributed by atoms with E-state index in [1.807, 2.05) is 0 Å². The van der Waals surface area contributed by atoms with Crippen molar-refractivity contribution in [3.8, 4) is 0 Å². The highest BCUT2D eigenvalue weighted by Crippen LogP contribution is 2.03. The summed E-state index contributed by atoms with van der Waals surface area (Å²) in [5.41, 5.74) is 5.75. The van der Waals surface area contributed by atoms with Crippen LogP contribution < -0.4 is 5.73 Å². The molecule has 0 aromatic heterocycles. The topological polar surface area (TPSA) is 55.6 Å². The summed E-state index contributed by atoms with van der Waals surface area (Å²) in [4.78, 5) is 13.6. The lowest BCUT2D eigenvalue weighted by atomic mass is 10.2. The maximum absolute atomic E-state index is 11.3. The molecule has 0 aliphatic heterocycles. The number of nitrogens with zero attached hydrogens (tertiary/aromatic N) is 1. The number of ether oxygens (including phenoxy) is 1. The number of carbonyl (C=O) groups excluding carboxylic acids is 1. The molecular weight excluding hydrogens is 204 g/mol. The maximum atomic E-state index is 11.3.